The minimum atomic E-state index is 0.588. The smallest absolute Gasteiger partial charge is 0.0375 e. The van der Waals surface area contributed by atoms with Crippen molar-refractivity contribution in [2.75, 3.05) is 11.9 Å². The summed E-state index contributed by atoms with van der Waals surface area (Å²) in [6.45, 7) is 10.1. The van der Waals surface area contributed by atoms with Crippen molar-refractivity contribution < 1.29 is 0 Å². The Labute approximate surface area is 100 Å². The minimum Gasteiger partial charge on any atom is -0.385 e. The molecule has 1 N–H and O–H groups in total. The molecule has 0 saturated carbocycles. The largest absolute Gasteiger partial charge is 0.385 e. The number of hydrogen-bond acceptors (Lipinski definition) is 1. The van der Waals surface area contributed by atoms with Gasteiger partial charge in [0.2, 0.25) is 0 Å². The van der Waals surface area contributed by atoms with Crippen molar-refractivity contribution in [3.63, 3.8) is 0 Å². The van der Waals surface area contributed by atoms with E-state index < -0.39 is 0 Å². The molecule has 0 saturated heterocycles. The summed E-state index contributed by atoms with van der Waals surface area (Å²) >= 11 is 0. The first kappa shape index (κ1) is 13.1. The summed E-state index contributed by atoms with van der Waals surface area (Å²) in [5.41, 5.74) is 2.73. The Balaban J connectivity index is 2.59. The molecule has 16 heavy (non-hydrogen) atoms. The molecule has 1 rings (SSSR count). The lowest BCUT2D eigenvalue weighted by Gasteiger charge is -2.17. The molecule has 1 aromatic carbocycles. The van der Waals surface area contributed by atoms with E-state index in [1.54, 1.807) is 0 Å². The van der Waals surface area contributed by atoms with Gasteiger partial charge in [0.1, 0.15) is 0 Å². The fourth-order valence-electron chi connectivity index (χ4n) is 2.04. The Hall–Kier alpha value is -0.980. The van der Waals surface area contributed by atoms with Gasteiger partial charge in [-0.25, -0.2) is 0 Å². The molecule has 0 aliphatic rings. The number of para-hydroxylation sites is 1. The Bertz CT molecular complexity index is 304. The van der Waals surface area contributed by atoms with Crippen molar-refractivity contribution in [1.82, 2.24) is 0 Å². The Morgan fingerprint density at radius 3 is 2.44 bits per heavy atom. The average molecular weight is 219 g/mol. The highest BCUT2D eigenvalue weighted by atomic mass is 14.9. The van der Waals surface area contributed by atoms with Gasteiger partial charge in [-0.2, -0.15) is 0 Å². The zero-order valence-corrected chi connectivity index (χ0v) is 11.1. The van der Waals surface area contributed by atoms with Crippen LogP contribution in [0.2, 0.25) is 0 Å². The lowest BCUT2D eigenvalue weighted by atomic mass is 10.0. The number of benzene rings is 1. The van der Waals surface area contributed by atoms with Crippen LogP contribution in [0.25, 0.3) is 0 Å². The van der Waals surface area contributed by atoms with E-state index in [2.05, 4.69) is 57.3 Å². The molecule has 0 aromatic heterocycles. The van der Waals surface area contributed by atoms with Crippen molar-refractivity contribution in [1.29, 1.82) is 0 Å². The normalized spacial score (nSPS) is 12.8. The zero-order valence-electron chi connectivity index (χ0n) is 11.1. The van der Waals surface area contributed by atoms with Crippen molar-refractivity contribution in [2.24, 2.45) is 5.92 Å². The van der Waals surface area contributed by atoms with Gasteiger partial charge in [0, 0.05) is 12.2 Å². The Kier molecular flexibility index (Phi) is 5.37. The van der Waals surface area contributed by atoms with Gasteiger partial charge < -0.3 is 5.32 Å². The van der Waals surface area contributed by atoms with Crippen LogP contribution >= 0.6 is 0 Å². The second-order valence-corrected chi connectivity index (χ2v) is 5.02. The molecule has 0 radical (unpaired) electrons. The molecule has 0 fully saturated rings. The van der Waals surface area contributed by atoms with Crippen LogP contribution in [0.15, 0.2) is 24.3 Å². The van der Waals surface area contributed by atoms with Crippen LogP contribution in [0, 0.1) is 5.92 Å². The molecule has 1 atom stereocenters. The second-order valence-electron chi connectivity index (χ2n) is 5.02. The predicted molar refractivity (Wildman–Crippen MR) is 73.1 cm³/mol. The highest BCUT2D eigenvalue weighted by molar-refractivity contribution is 5.52. The van der Waals surface area contributed by atoms with Crippen LogP contribution in [-0.4, -0.2) is 6.54 Å². The molecular formula is C15H25N. The van der Waals surface area contributed by atoms with E-state index >= 15 is 0 Å². The molecule has 0 spiro atoms. The molecule has 0 aliphatic carbocycles. The van der Waals surface area contributed by atoms with Crippen molar-refractivity contribution in [3.05, 3.63) is 29.8 Å². The van der Waals surface area contributed by atoms with Gasteiger partial charge in [-0.15, -0.1) is 0 Å². The summed E-state index contributed by atoms with van der Waals surface area (Å²) in [7, 11) is 0. The third-order valence-corrected chi connectivity index (χ3v) is 3.01. The maximum absolute atomic E-state index is 3.58. The summed E-state index contributed by atoms with van der Waals surface area (Å²) in [4.78, 5) is 0. The van der Waals surface area contributed by atoms with Gasteiger partial charge in [0.25, 0.3) is 0 Å². The lowest BCUT2D eigenvalue weighted by molar-refractivity contribution is 0.550. The Morgan fingerprint density at radius 2 is 1.81 bits per heavy atom. The fraction of sp³-hybridized carbons (Fsp3) is 0.600. The van der Waals surface area contributed by atoms with Gasteiger partial charge in [-0.3, -0.25) is 0 Å². The molecule has 1 aromatic rings. The van der Waals surface area contributed by atoms with E-state index in [4.69, 9.17) is 0 Å². The van der Waals surface area contributed by atoms with Crippen LogP contribution < -0.4 is 5.32 Å². The standard InChI is InChI=1S/C15H25N/c1-5-8-13(4)11-16-15-10-7-6-9-14(15)12(2)3/h6-7,9-10,12-13,16H,5,8,11H2,1-4H3. The van der Waals surface area contributed by atoms with Gasteiger partial charge >= 0.3 is 0 Å². The quantitative estimate of drug-likeness (QED) is 0.734. The van der Waals surface area contributed by atoms with Crippen molar-refractivity contribution in [2.45, 2.75) is 46.5 Å². The number of anilines is 1. The third kappa shape index (κ3) is 3.88. The maximum atomic E-state index is 3.58. The van der Waals surface area contributed by atoms with Crippen LogP contribution in [0.4, 0.5) is 5.69 Å². The summed E-state index contributed by atoms with van der Waals surface area (Å²) < 4.78 is 0. The van der Waals surface area contributed by atoms with Crippen LogP contribution in [0.3, 0.4) is 0 Å². The summed E-state index contributed by atoms with van der Waals surface area (Å²) in [6.07, 6.45) is 2.57. The van der Waals surface area contributed by atoms with E-state index in [1.165, 1.54) is 24.1 Å². The van der Waals surface area contributed by atoms with E-state index in [1.807, 2.05) is 0 Å². The third-order valence-electron chi connectivity index (χ3n) is 3.01. The fourth-order valence-corrected chi connectivity index (χ4v) is 2.04. The first-order valence-corrected chi connectivity index (χ1v) is 6.48. The molecule has 1 unspecified atom stereocenters. The highest BCUT2D eigenvalue weighted by Gasteiger charge is 2.06. The van der Waals surface area contributed by atoms with Crippen LogP contribution in [0.5, 0.6) is 0 Å². The molecule has 1 nitrogen and oxygen atoms in total. The molecule has 1 heteroatoms. The van der Waals surface area contributed by atoms with E-state index in [9.17, 15) is 0 Å². The SMILES string of the molecule is CCCC(C)CNc1ccccc1C(C)C. The maximum Gasteiger partial charge on any atom is 0.0375 e. The van der Waals surface area contributed by atoms with Crippen molar-refractivity contribution >= 4 is 5.69 Å². The molecule has 0 aliphatic heterocycles. The summed E-state index contributed by atoms with van der Waals surface area (Å²) in [5.74, 6) is 1.34. The zero-order chi connectivity index (χ0) is 12.0. The summed E-state index contributed by atoms with van der Waals surface area (Å²) in [5, 5.41) is 3.58. The first-order valence-electron chi connectivity index (χ1n) is 6.48. The number of rotatable bonds is 6. The highest BCUT2D eigenvalue weighted by Crippen LogP contribution is 2.24. The van der Waals surface area contributed by atoms with Gasteiger partial charge in [0.05, 0.1) is 0 Å². The molecule has 0 heterocycles. The topological polar surface area (TPSA) is 12.0 Å². The minimum absolute atomic E-state index is 0.588. The first-order chi connectivity index (χ1) is 7.65. The molecular weight excluding hydrogens is 194 g/mol. The predicted octanol–water partition coefficient (Wildman–Crippen LogP) is 4.66. The van der Waals surface area contributed by atoms with Gasteiger partial charge in [-0.05, 0) is 29.9 Å². The molecule has 0 amide bonds. The lowest BCUT2D eigenvalue weighted by Crippen LogP contribution is -2.12. The van der Waals surface area contributed by atoms with Gasteiger partial charge in [-0.1, -0.05) is 52.3 Å². The van der Waals surface area contributed by atoms with Crippen molar-refractivity contribution in [3.8, 4) is 0 Å². The number of hydrogen-bond donors (Lipinski definition) is 1. The van der Waals surface area contributed by atoms with Crippen LogP contribution in [0.1, 0.15) is 52.0 Å². The average Bonchev–Trinajstić information content (AvgIpc) is 2.27. The van der Waals surface area contributed by atoms with E-state index in [-0.39, 0.29) is 0 Å². The van der Waals surface area contributed by atoms with E-state index in [0.717, 1.165) is 12.5 Å². The van der Waals surface area contributed by atoms with Crippen LogP contribution in [-0.2, 0) is 0 Å². The Morgan fingerprint density at radius 1 is 1.12 bits per heavy atom. The second kappa shape index (κ2) is 6.57. The van der Waals surface area contributed by atoms with E-state index in [0.29, 0.717) is 5.92 Å². The molecule has 90 valence electrons. The number of nitrogens with one attached hydrogen (secondary N) is 1. The van der Waals surface area contributed by atoms with Gasteiger partial charge in [0.15, 0.2) is 0 Å². The molecule has 0 bridgehead atoms. The monoisotopic (exact) mass is 219 g/mol. The summed E-state index contributed by atoms with van der Waals surface area (Å²) in [6, 6.07) is 8.64.